The van der Waals surface area contributed by atoms with Gasteiger partial charge in [0.15, 0.2) is 0 Å². The molecule has 3 N–H and O–H groups in total. The lowest BCUT2D eigenvalue weighted by molar-refractivity contribution is 0.550. The van der Waals surface area contributed by atoms with Gasteiger partial charge in [0.05, 0.1) is 6.04 Å². The number of hydrazine groups is 1. The molecule has 0 aliphatic carbocycles. The second-order valence-corrected chi connectivity index (χ2v) is 4.14. The minimum atomic E-state index is 0.102. The zero-order valence-corrected chi connectivity index (χ0v) is 9.93. The molecular weight excluding hydrogens is 210 g/mol. The zero-order valence-electron chi connectivity index (χ0n) is 9.93. The molecule has 1 atom stereocenters. The lowest BCUT2D eigenvalue weighted by Gasteiger charge is -2.16. The van der Waals surface area contributed by atoms with Gasteiger partial charge in [0.1, 0.15) is 0 Å². The molecule has 0 aliphatic rings. The summed E-state index contributed by atoms with van der Waals surface area (Å²) in [6.45, 7) is 1.98. The summed E-state index contributed by atoms with van der Waals surface area (Å²) >= 11 is 0. The van der Waals surface area contributed by atoms with Gasteiger partial charge in [0.2, 0.25) is 0 Å². The summed E-state index contributed by atoms with van der Waals surface area (Å²) in [5, 5.41) is 0. The van der Waals surface area contributed by atoms with Crippen LogP contribution in [0.2, 0.25) is 0 Å². The van der Waals surface area contributed by atoms with Gasteiger partial charge in [-0.25, -0.2) is 0 Å². The molecule has 0 amide bonds. The van der Waals surface area contributed by atoms with Gasteiger partial charge in [0.25, 0.3) is 0 Å². The van der Waals surface area contributed by atoms with Crippen LogP contribution in [0, 0.1) is 6.92 Å². The highest BCUT2D eigenvalue weighted by Crippen LogP contribution is 2.16. The molecule has 17 heavy (non-hydrogen) atoms. The lowest BCUT2D eigenvalue weighted by atomic mass is 10.0. The van der Waals surface area contributed by atoms with Crippen molar-refractivity contribution in [2.75, 3.05) is 0 Å². The van der Waals surface area contributed by atoms with Crippen molar-refractivity contribution in [1.29, 1.82) is 0 Å². The number of hydrogen-bond donors (Lipinski definition) is 2. The number of rotatable bonds is 4. The summed E-state index contributed by atoms with van der Waals surface area (Å²) in [6.07, 6.45) is 2.74. The maximum Gasteiger partial charge on any atom is 0.0515 e. The molecular formula is C14H17N3. The van der Waals surface area contributed by atoms with Crippen molar-refractivity contribution in [3.8, 4) is 0 Å². The smallest absolute Gasteiger partial charge is 0.0515 e. The molecule has 3 heteroatoms. The van der Waals surface area contributed by atoms with Crippen LogP contribution in [0.4, 0.5) is 0 Å². The van der Waals surface area contributed by atoms with E-state index in [1.54, 1.807) is 0 Å². The Morgan fingerprint density at radius 1 is 1.18 bits per heavy atom. The summed E-state index contributed by atoms with van der Waals surface area (Å²) in [7, 11) is 0. The molecule has 1 unspecified atom stereocenters. The zero-order chi connectivity index (χ0) is 12.1. The third kappa shape index (κ3) is 3.12. The first-order chi connectivity index (χ1) is 8.29. The maximum atomic E-state index is 5.61. The minimum Gasteiger partial charge on any atom is -0.271 e. The number of benzene rings is 1. The molecule has 1 aromatic heterocycles. The van der Waals surface area contributed by atoms with Crippen molar-refractivity contribution in [1.82, 2.24) is 10.4 Å². The SMILES string of the molecule is Cc1ccc(C(Cc2ccccc2)NN)cn1. The molecule has 0 radical (unpaired) electrons. The average Bonchev–Trinajstić information content (AvgIpc) is 2.38. The van der Waals surface area contributed by atoms with Crippen LogP contribution in [-0.2, 0) is 6.42 Å². The molecule has 0 spiro atoms. The number of aryl methyl sites for hydroxylation is 1. The number of nitrogens with zero attached hydrogens (tertiary/aromatic N) is 1. The van der Waals surface area contributed by atoms with Crippen molar-refractivity contribution in [3.63, 3.8) is 0 Å². The number of hydrogen-bond acceptors (Lipinski definition) is 3. The van der Waals surface area contributed by atoms with E-state index < -0.39 is 0 Å². The van der Waals surface area contributed by atoms with E-state index in [0.29, 0.717) is 0 Å². The largest absolute Gasteiger partial charge is 0.271 e. The highest BCUT2D eigenvalue weighted by atomic mass is 15.2. The molecule has 0 saturated carbocycles. The number of pyridine rings is 1. The second-order valence-electron chi connectivity index (χ2n) is 4.14. The normalized spacial score (nSPS) is 12.4. The Morgan fingerprint density at radius 3 is 2.53 bits per heavy atom. The van der Waals surface area contributed by atoms with E-state index >= 15 is 0 Å². The Hall–Kier alpha value is -1.71. The van der Waals surface area contributed by atoms with Gasteiger partial charge in [0, 0.05) is 11.9 Å². The molecule has 88 valence electrons. The Morgan fingerprint density at radius 2 is 1.94 bits per heavy atom. The molecule has 0 bridgehead atoms. The van der Waals surface area contributed by atoms with Crippen LogP contribution < -0.4 is 11.3 Å². The standard InChI is InChI=1S/C14H17N3/c1-11-7-8-13(10-16-11)14(17-15)9-12-5-3-2-4-6-12/h2-8,10,14,17H,9,15H2,1H3. The molecule has 1 heterocycles. The van der Waals surface area contributed by atoms with Crippen LogP contribution in [0.15, 0.2) is 48.7 Å². The van der Waals surface area contributed by atoms with Crippen molar-refractivity contribution < 1.29 is 0 Å². The summed E-state index contributed by atoms with van der Waals surface area (Å²) < 4.78 is 0. The summed E-state index contributed by atoms with van der Waals surface area (Å²) in [5.41, 5.74) is 6.24. The Labute approximate surface area is 102 Å². The van der Waals surface area contributed by atoms with Crippen molar-refractivity contribution in [3.05, 3.63) is 65.5 Å². The topological polar surface area (TPSA) is 50.9 Å². The van der Waals surface area contributed by atoms with E-state index in [2.05, 4.69) is 28.6 Å². The van der Waals surface area contributed by atoms with E-state index in [9.17, 15) is 0 Å². The van der Waals surface area contributed by atoms with Gasteiger partial charge in [-0.3, -0.25) is 16.3 Å². The van der Waals surface area contributed by atoms with Gasteiger partial charge >= 0.3 is 0 Å². The van der Waals surface area contributed by atoms with Crippen LogP contribution in [-0.4, -0.2) is 4.98 Å². The summed E-state index contributed by atoms with van der Waals surface area (Å²) in [5.74, 6) is 5.61. The van der Waals surface area contributed by atoms with Crippen LogP contribution in [0.1, 0.15) is 22.9 Å². The first-order valence-electron chi connectivity index (χ1n) is 5.72. The minimum absolute atomic E-state index is 0.102. The lowest BCUT2D eigenvalue weighted by Crippen LogP contribution is -2.29. The van der Waals surface area contributed by atoms with Crippen LogP contribution >= 0.6 is 0 Å². The van der Waals surface area contributed by atoms with Crippen molar-refractivity contribution in [2.24, 2.45) is 5.84 Å². The van der Waals surface area contributed by atoms with E-state index in [0.717, 1.165) is 17.7 Å². The quantitative estimate of drug-likeness (QED) is 0.621. The van der Waals surface area contributed by atoms with Gasteiger partial charge < -0.3 is 0 Å². The molecule has 0 fully saturated rings. The number of aromatic nitrogens is 1. The molecule has 2 aromatic rings. The first kappa shape index (κ1) is 11.8. The predicted molar refractivity (Wildman–Crippen MR) is 69.2 cm³/mol. The maximum absolute atomic E-state index is 5.61. The Balaban J connectivity index is 2.14. The second kappa shape index (κ2) is 5.57. The highest BCUT2D eigenvalue weighted by molar-refractivity contribution is 5.22. The van der Waals surface area contributed by atoms with E-state index in [1.807, 2.05) is 37.4 Å². The average molecular weight is 227 g/mol. The van der Waals surface area contributed by atoms with E-state index in [4.69, 9.17) is 5.84 Å². The fraction of sp³-hybridized carbons (Fsp3) is 0.214. The van der Waals surface area contributed by atoms with Crippen LogP contribution in [0.3, 0.4) is 0 Å². The first-order valence-corrected chi connectivity index (χ1v) is 5.72. The summed E-state index contributed by atoms with van der Waals surface area (Å²) in [4.78, 5) is 4.29. The number of nitrogens with two attached hydrogens (primary N) is 1. The highest BCUT2D eigenvalue weighted by Gasteiger charge is 2.10. The van der Waals surface area contributed by atoms with Crippen molar-refractivity contribution in [2.45, 2.75) is 19.4 Å². The van der Waals surface area contributed by atoms with Gasteiger partial charge in [-0.05, 0) is 30.5 Å². The molecule has 3 nitrogen and oxygen atoms in total. The third-order valence-electron chi connectivity index (χ3n) is 2.82. The Kier molecular flexibility index (Phi) is 3.85. The Bertz CT molecular complexity index is 451. The predicted octanol–water partition coefficient (Wildman–Crippen LogP) is 2.14. The van der Waals surface area contributed by atoms with Crippen LogP contribution in [0.5, 0.6) is 0 Å². The van der Waals surface area contributed by atoms with Gasteiger partial charge in [-0.1, -0.05) is 36.4 Å². The molecule has 0 aliphatic heterocycles. The molecule has 2 rings (SSSR count). The van der Waals surface area contributed by atoms with Gasteiger partial charge in [-0.2, -0.15) is 0 Å². The van der Waals surface area contributed by atoms with Crippen LogP contribution in [0.25, 0.3) is 0 Å². The summed E-state index contributed by atoms with van der Waals surface area (Å²) in [6, 6.07) is 14.5. The monoisotopic (exact) mass is 227 g/mol. The fourth-order valence-corrected chi connectivity index (χ4v) is 1.81. The van der Waals surface area contributed by atoms with Gasteiger partial charge in [-0.15, -0.1) is 0 Å². The fourth-order valence-electron chi connectivity index (χ4n) is 1.81. The third-order valence-corrected chi connectivity index (χ3v) is 2.82. The van der Waals surface area contributed by atoms with E-state index in [1.165, 1.54) is 5.56 Å². The molecule has 1 aromatic carbocycles. The number of nitrogens with one attached hydrogen (secondary N) is 1. The molecule has 0 saturated heterocycles. The van der Waals surface area contributed by atoms with Crippen molar-refractivity contribution >= 4 is 0 Å². The van der Waals surface area contributed by atoms with E-state index in [-0.39, 0.29) is 6.04 Å².